The Hall–Kier alpha value is -1.62. The summed E-state index contributed by atoms with van der Waals surface area (Å²) < 4.78 is 0. The molecule has 1 aromatic heterocycles. The third-order valence-corrected chi connectivity index (χ3v) is 2.34. The first-order chi connectivity index (χ1) is 7.18. The molecule has 0 bridgehead atoms. The van der Waals surface area contributed by atoms with Crippen LogP contribution >= 0.6 is 11.6 Å². The number of nitrogens with zero attached hydrogens (tertiary/aromatic N) is 4. The van der Waals surface area contributed by atoms with Gasteiger partial charge in [0.05, 0.1) is 10.7 Å². The fourth-order valence-electron chi connectivity index (χ4n) is 1.29. The Morgan fingerprint density at radius 2 is 2.13 bits per heavy atom. The Morgan fingerprint density at radius 3 is 2.67 bits per heavy atom. The molecule has 0 aliphatic rings. The molecule has 0 aliphatic heterocycles. The number of anilines is 1. The van der Waals surface area contributed by atoms with Crippen LogP contribution in [0.3, 0.4) is 0 Å². The molecule has 2 aromatic rings. The SMILES string of the molecule is CN(C)c1ccc(-c2nn[nH]n2)cc1Cl. The third kappa shape index (κ3) is 1.92. The zero-order valence-electron chi connectivity index (χ0n) is 8.40. The second-order valence-corrected chi connectivity index (χ2v) is 3.70. The first kappa shape index (κ1) is 9.92. The summed E-state index contributed by atoms with van der Waals surface area (Å²) in [6.45, 7) is 0. The van der Waals surface area contributed by atoms with Gasteiger partial charge in [-0.1, -0.05) is 11.6 Å². The van der Waals surface area contributed by atoms with Crippen LogP contribution in [0.1, 0.15) is 0 Å². The number of rotatable bonds is 2. The molecule has 0 atom stereocenters. The molecule has 0 unspecified atom stereocenters. The van der Waals surface area contributed by atoms with E-state index in [1.54, 1.807) is 0 Å². The van der Waals surface area contributed by atoms with E-state index in [9.17, 15) is 0 Å². The number of aromatic nitrogens is 4. The summed E-state index contributed by atoms with van der Waals surface area (Å²) in [5.74, 6) is 0.544. The number of nitrogens with one attached hydrogen (secondary N) is 1. The highest BCUT2D eigenvalue weighted by atomic mass is 35.5. The molecule has 0 aliphatic carbocycles. The van der Waals surface area contributed by atoms with Crippen LogP contribution in [0.5, 0.6) is 0 Å². The van der Waals surface area contributed by atoms with Crippen molar-refractivity contribution in [3.63, 3.8) is 0 Å². The minimum atomic E-state index is 0.544. The number of halogens is 1. The fraction of sp³-hybridized carbons (Fsp3) is 0.222. The van der Waals surface area contributed by atoms with Crippen molar-refractivity contribution < 1.29 is 0 Å². The van der Waals surface area contributed by atoms with Crippen molar-refractivity contribution >= 4 is 17.3 Å². The number of H-pyrrole nitrogens is 1. The van der Waals surface area contributed by atoms with E-state index >= 15 is 0 Å². The Balaban J connectivity index is 2.42. The molecule has 1 heterocycles. The van der Waals surface area contributed by atoms with Gasteiger partial charge in [-0.2, -0.15) is 5.21 Å². The van der Waals surface area contributed by atoms with Crippen LogP contribution in [-0.4, -0.2) is 34.7 Å². The summed E-state index contributed by atoms with van der Waals surface area (Å²) in [6.07, 6.45) is 0. The maximum atomic E-state index is 6.11. The highest BCUT2D eigenvalue weighted by Gasteiger charge is 2.07. The number of benzene rings is 1. The quantitative estimate of drug-likeness (QED) is 0.840. The summed E-state index contributed by atoms with van der Waals surface area (Å²) in [5, 5.41) is 14.3. The van der Waals surface area contributed by atoms with Crippen molar-refractivity contribution in [1.29, 1.82) is 0 Å². The Bertz CT molecular complexity index is 452. The van der Waals surface area contributed by atoms with E-state index in [0.717, 1.165) is 11.3 Å². The molecule has 0 saturated heterocycles. The first-order valence-corrected chi connectivity index (χ1v) is 4.77. The zero-order valence-corrected chi connectivity index (χ0v) is 9.15. The van der Waals surface area contributed by atoms with Gasteiger partial charge in [-0.05, 0) is 23.4 Å². The number of tetrazole rings is 1. The van der Waals surface area contributed by atoms with Gasteiger partial charge < -0.3 is 4.90 Å². The van der Waals surface area contributed by atoms with Crippen molar-refractivity contribution in [2.75, 3.05) is 19.0 Å². The molecule has 0 amide bonds. The molecule has 0 radical (unpaired) electrons. The molecule has 1 aromatic carbocycles. The van der Waals surface area contributed by atoms with Gasteiger partial charge in [-0.15, -0.1) is 10.2 Å². The summed E-state index contributed by atoms with van der Waals surface area (Å²) in [5.41, 5.74) is 1.81. The lowest BCUT2D eigenvalue weighted by atomic mass is 10.2. The maximum Gasteiger partial charge on any atom is 0.204 e. The monoisotopic (exact) mass is 223 g/mol. The molecule has 1 N–H and O–H groups in total. The normalized spacial score (nSPS) is 10.3. The van der Waals surface area contributed by atoms with Crippen LogP contribution in [0.25, 0.3) is 11.4 Å². The molecule has 2 rings (SSSR count). The molecule has 15 heavy (non-hydrogen) atoms. The molecular weight excluding hydrogens is 214 g/mol. The largest absolute Gasteiger partial charge is 0.376 e. The van der Waals surface area contributed by atoms with E-state index in [1.165, 1.54) is 0 Å². The summed E-state index contributed by atoms with van der Waals surface area (Å²) >= 11 is 6.11. The van der Waals surface area contributed by atoms with Crippen molar-refractivity contribution in [2.45, 2.75) is 0 Å². The zero-order chi connectivity index (χ0) is 10.8. The van der Waals surface area contributed by atoms with Crippen LogP contribution in [0.15, 0.2) is 18.2 Å². The summed E-state index contributed by atoms with van der Waals surface area (Å²) in [4.78, 5) is 1.95. The molecule has 0 fully saturated rings. The summed E-state index contributed by atoms with van der Waals surface area (Å²) in [7, 11) is 3.88. The second-order valence-electron chi connectivity index (χ2n) is 3.30. The maximum absolute atomic E-state index is 6.11. The first-order valence-electron chi connectivity index (χ1n) is 4.39. The van der Waals surface area contributed by atoms with Gasteiger partial charge in [0, 0.05) is 19.7 Å². The van der Waals surface area contributed by atoms with Gasteiger partial charge in [0.1, 0.15) is 0 Å². The minimum absolute atomic E-state index is 0.544. The lowest BCUT2D eigenvalue weighted by Gasteiger charge is -2.14. The standard InChI is InChI=1S/C9H10ClN5/c1-15(2)8-4-3-6(5-7(8)10)9-11-13-14-12-9/h3-5H,1-2H3,(H,11,12,13,14). The predicted molar refractivity (Wildman–Crippen MR) is 59.0 cm³/mol. The van der Waals surface area contributed by atoms with E-state index in [0.29, 0.717) is 10.8 Å². The Labute approximate surface area is 92.1 Å². The van der Waals surface area contributed by atoms with Crippen LogP contribution < -0.4 is 4.90 Å². The highest BCUT2D eigenvalue weighted by molar-refractivity contribution is 6.33. The van der Waals surface area contributed by atoms with Crippen molar-refractivity contribution in [2.24, 2.45) is 0 Å². The van der Waals surface area contributed by atoms with Gasteiger partial charge in [0.25, 0.3) is 0 Å². The minimum Gasteiger partial charge on any atom is -0.376 e. The van der Waals surface area contributed by atoms with Crippen molar-refractivity contribution in [3.05, 3.63) is 23.2 Å². The smallest absolute Gasteiger partial charge is 0.204 e. The van der Waals surface area contributed by atoms with E-state index in [-0.39, 0.29) is 0 Å². The van der Waals surface area contributed by atoms with Crippen LogP contribution in [-0.2, 0) is 0 Å². The molecule has 6 heteroatoms. The van der Waals surface area contributed by atoms with Crippen LogP contribution in [0.2, 0.25) is 5.02 Å². The predicted octanol–water partition coefficient (Wildman–Crippen LogP) is 1.59. The van der Waals surface area contributed by atoms with Gasteiger partial charge in [0.2, 0.25) is 5.82 Å². The number of hydrogen-bond acceptors (Lipinski definition) is 4. The van der Waals surface area contributed by atoms with E-state index in [1.807, 2.05) is 37.2 Å². The average Bonchev–Trinajstić information content (AvgIpc) is 2.69. The Morgan fingerprint density at radius 1 is 1.33 bits per heavy atom. The molecule has 5 nitrogen and oxygen atoms in total. The third-order valence-electron chi connectivity index (χ3n) is 2.03. The van der Waals surface area contributed by atoms with Crippen LogP contribution in [0.4, 0.5) is 5.69 Å². The summed E-state index contributed by atoms with van der Waals surface area (Å²) in [6, 6.07) is 5.65. The highest BCUT2D eigenvalue weighted by Crippen LogP contribution is 2.28. The van der Waals surface area contributed by atoms with E-state index in [2.05, 4.69) is 20.6 Å². The van der Waals surface area contributed by atoms with Gasteiger partial charge >= 0.3 is 0 Å². The lowest BCUT2D eigenvalue weighted by molar-refractivity contribution is 0.881. The fourth-order valence-corrected chi connectivity index (χ4v) is 1.64. The number of hydrogen-bond donors (Lipinski definition) is 1. The van der Waals surface area contributed by atoms with E-state index in [4.69, 9.17) is 11.6 Å². The average molecular weight is 224 g/mol. The van der Waals surface area contributed by atoms with E-state index < -0.39 is 0 Å². The van der Waals surface area contributed by atoms with Gasteiger partial charge in [0.15, 0.2) is 0 Å². The van der Waals surface area contributed by atoms with Crippen LogP contribution in [0, 0.1) is 0 Å². The Kier molecular flexibility index (Phi) is 2.55. The topological polar surface area (TPSA) is 57.7 Å². The molecule has 78 valence electrons. The second kappa shape index (κ2) is 3.86. The molecule has 0 saturated carbocycles. The number of aromatic amines is 1. The van der Waals surface area contributed by atoms with Gasteiger partial charge in [-0.3, -0.25) is 0 Å². The van der Waals surface area contributed by atoms with Crippen molar-refractivity contribution in [1.82, 2.24) is 20.6 Å². The van der Waals surface area contributed by atoms with Crippen molar-refractivity contribution in [3.8, 4) is 11.4 Å². The van der Waals surface area contributed by atoms with Gasteiger partial charge in [-0.25, -0.2) is 0 Å². The lowest BCUT2D eigenvalue weighted by Crippen LogP contribution is -2.08. The molecular formula is C9H10ClN5. The molecule has 0 spiro atoms.